The smallest absolute Gasteiger partial charge is 0.435 e. The Bertz CT molecular complexity index is 542. The minimum atomic E-state index is -1.01. The first kappa shape index (κ1) is 18.0. The van der Waals surface area contributed by atoms with Crippen LogP contribution in [0.25, 0.3) is 0 Å². The average Bonchev–Trinajstić information content (AvgIpc) is 2.36. The first-order valence-corrected chi connectivity index (χ1v) is 7.30. The van der Waals surface area contributed by atoms with Crippen molar-refractivity contribution in [3.63, 3.8) is 0 Å². The van der Waals surface area contributed by atoms with Crippen molar-refractivity contribution < 1.29 is 23.8 Å². The van der Waals surface area contributed by atoms with Crippen molar-refractivity contribution in [2.24, 2.45) is 0 Å². The lowest BCUT2D eigenvalue weighted by Gasteiger charge is -2.22. The van der Waals surface area contributed by atoms with Crippen molar-refractivity contribution in [2.75, 3.05) is 6.61 Å². The van der Waals surface area contributed by atoms with E-state index in [-0.39, 0.29) is 12.0 Å². The predicted octanol–water partition coefficient (Wildman–Crippen LogP) is 3.97. The Hall–Kier alpha value is -2.04. The van der Waals surface area contributed by atoms with Crippen LogP contribution in [-0.2, 0) is 19.6 Å². The van der Waals surface area contributed by atoms with Crippen molar-refractivity contribution in [1.29, 1.82) is 0 Å². The van der Waals surface area contributed by atoms with Crippen LogP contribution in [0.15, 0.2) is 18.2 Å². The number of hydrogen-bond acceptors (Lipinski definition) is 5. The number of benzene rings is 1. The van der Waals surface area contributed by atoms with Crippen LogP contribution in [0, 0.1) is 6.92 Å². The van der Waals surface area contributed by atoms with Crippen LogP contribution in [0.4, 0.5) is 4.79 Å². The van der Waals surface area contributed by atoms with Crippen molar-refractivity contribution >= 4 is 12.1 Å². The van der Waals surface area contributed by atoms with Crippen LogP contribution in [0.1, 0.15) is 56.1 Å². The van der Waals surface area contributed by atoms with Crippen LogP contribution in [-0.4, -0.2) is 25.0 Å². The number of hydrogen-bond donors (Lipinski definition) is 0. The summed E-state index contributed by atoms with van der Waals surface area (Å²) >= 11 is 0. The van der Waals surface area contributed by atoms with Crippen LogP contribution in [0.5, 0.6) is 0 Å². The van der Waals surface area contributed by atoms with Gasteiger partial charge in [-0.1, -0.05) is 26.8 Å². The fourth-order valence-corrected chi connectivity index (χ4v) is 2.16. The third kappa shape index (κ3) is 5.06. The zero-order chi connectivity index (χ0) is 16.9. The number of aryl methyl sites for hydroxylation is 1. The molecular formula is C17H24O5. The van der Waals surface area contributed by atoms with Gasteiger partial charge in [-0.15, -0.1) is 0 Å². The Morgan fingerprint density at radius 1 is 1.18 bits per heavy atom. The summed E-state index contributed by atoms with van der Waals surface area (Å²) in [5.41, 5.74) is 2.61. The van der Waals surface area contributed by atoms with E-state index in [0.29, 0.717) is 5.56 Å². The lowest BCUT2D eigenvalue weighted by atomic mass is 9.83. The molecule has 0 fully saturated rings. The first-order valence-electron chi connectivity index (χ1n) is 7.30. The van der Waals surface area contributed by atoms with Crippen LogP contribution in [0.2, 0.25) is 0 Å². The van der Waals surface area contributed by atoms with Gasteiger partial charge in [-0.2, -0.15) is 0 Å². The van der Waals surface area contributed by atoms with Crippen molar-refractivity contribution in [3.05, 3.63) is 34.9 Å². The standard InChI is InChI=1S/C17H24O5/c1-7-20-16(19)22-12(3)21-15(18)13-8-9-14(11(2)10-13)17(4,5)6/h8-10,12H,7H2,1-6H3. The third-order valence-electron chi connectivity index (χ3n) is 3.07. The molecule has 0 aliphatic rings. The van der Waals surface area contributed by atoms with E-state index in [2.05, 4.69) is 25.5 Å². The number of ether oxygens (including phenoxy) is 3. The molecule has 0 bridgehead atoms. The topological polar surface area (TPSA) is 61.8 Å². The van der Waals surface area contributed by atoms with Gasteiger partial charge in [0.2, 0.25) is 6.29 Å². The predicted molar refractivity (Wildman–Crippen MR) is 82.9 cm³/mol. The molecule has 0 radical (unpaired) electrons. The molecule has 1 rings (SSSR count). The van der Waals surface area contributed by atoms with Crippen LogP contribution in [0.3, 0.4) is 0 Å². The molecule has 1 aromatic rings. The molecule has 1 unspecified atom stereocenters. The maximum Gasteiger partial charge on any atom is 0.511 e. The van der Waals surface area contributed by atoms with Gasteiger partial charge in [-0.3, -0.25) is 0 Å². The fourth-order valence-electron chi connectivity index (χ4n) is 2.16. The summed E-state index contributed by atoms with van der Waals surface area (Å²) in [6, 6.07) is 5.41. The van der Waals surface area contributed by atoms with E-state index in [0.717, 1.165) is 5.56 Å². The Kier molecular flexibility index (Phi) is 5.97. The normalized spacial score (nSPS) is 12.5. The van der Waals surface area contributed by atoms with Gasteiger partial charge in [0.1, 0.15) is 0 Å². The molecule has 0 spiro atoms. The molecule has 1 atom stereocenters. The van der Waals surface area contributed by atoms with Gasteiger partial charge in [-0.05, 0) is 42.5 Å². The molecule has 5 nitrogen and oxygen atoms in total. The lowest BCUT2D eigenvalue weighted by Crippen LogP contribution is -2.22. The van der Waals surface area contributed by atoms with Gasteiger partial charge in [0.05, 0.1) is 12.2 Å². The minimum Gasteiger partial charge on any atom is -0.435 e. The summed E-state index contributed by atoms with van der Waals surface area (Å²) in [5.74, 6) is -0.541. The molecule has 1 aromatic carbocycles. The summed E-state index contributed by atoms with van der Waals surface area (Å²) in [6.07, 6.45) is -1.86. The summed E-state index contributed by atoms with van der Waals surface area (Å²) in [5, 5.41) is 0. The molecule has 0 N–H and O–H groups in total. The van der Waals surface area contributed by atoms with Gasteiger partial charge in [0, 0.05) is 6.92 Å². The minimum absolute atomic E-state index is 0.00678. The molecule has 0 saturated carbocycles. The van der Waals surface area contributed by atoms with Gasteiger partial charge in [0.15, 0.2) is 0 Å². The second kappa shape index (κ2) is 7.29. The summed E-state index contributed by atoms with van der Waals surface area (Å²) in [4.78, 5) is 23.2. The van der Waals surface area contributed by atoms with Crippen molar-refractivity contribution in [3.8, 4) is 0 Å². The van der Waals surface area contributed by atoms with E-state index in [9.17, 15) is 9.59 Å². The molecule has 0 aromatic heterocycles. The van der Waals surface area contributed by atoms with E-state index in [1.54, 1.807) is 19.1 Å². The SMILES string of the molecule is CCOC(=O)OC(C)OC(=O)c1ccc(C(C)(C)C)c(C)c1. The number of carbonyl (C=O) groups is 2. The number of carbonyl (C=O) groups excluding carboxylic acids is 2. The highest BCUT2D eigenvalue weighted by Gasteiger charge is 2.20. The molecule has 0 amide bonds. The van der Waals surface area contributed by atoms with Gasteiger partial charge >= 0.3 is 12.1 Å². The number of rotatable bonds is 4. The highest BCUT2D eigenvalue weighted by Crippen LogP contribution is 2.26. The van der Waals surface area contributed by atoms with Crippen LogP contribution < -0.4 is 0 Å². The maximum absolute atomic E-state index is 12.1. The Morgan fingerprint density at radius 2 is 1.82 bits per heavy atom. The molecule has 22 heavy (non-hydrogen) atoms. The van der Waals surface area contributed by atoms with Crippen molar-refractivity contribution in [1.82, 2.24) is 0 Å². The monoisotopic (exact) mass is 308 g/mol. The molecule has 0 heterocycles. The van der Waals surface area contributed by atoms with E-state index in [1.807, 2.05) is 13.0 Å². The summed E-state index contributed by atoms with van der Waals surface area (Å²) < 4.78 is 14.5. The average molecular weight is 308 g/mol. The molecule has 0 aliphatic carbocycles. The molecule has 0 saturated heterocycles. The second-order valence-corrected chi connectivity index (χ2v) is 6.05. The highest BCUT2D eigenvalue weighted by molar-refractivity contribution is 5.89. The zero-order valence-electron chi connectivity index (χ0n) is 14.1. The van der Waals surface area contributed by atoms with Gasteiger partial charge in [-0.25, -0.2) is 9.59 Å². The Morgan fingerprint density at radius 3 is 2.32 bits per heavy atom. The highest BCUT2D eigenvalue weighted by atomic mass is 16.8. The van der Waals surface area contributed by atoms with Gasteiger partial charge in [0.25, 0.3) is 0 Å². The van der Waals surface area contributed by atoms with E-state index in [4.69, 9.17) is 9.47 Å². The van der Waals surface area contributed by atoms with E-state index < -0.39 is 18.4 Å². The summed E-state index contributed by atoms with van der Waals surface area (Å²) in [7, 11) is 0. The van der Waals surface area contributed by atoms with Crippen LogP contribution >= 0.6 is 0 Å². The second-order valence-electron chi connectivity index (χ2n) is 6.05. The lowest BCUT2D eigenvalue weighted by molar-refractivity contribution is -0.0811. The first-order chi connectivity index (χ1) is 10.1. The molecule has 0 aliphatic heterocycles. The third-order valence-corrected chi connectivity index (χ3v) is 3.07. The Balaban J connectivity index is 2.74. The van der Waals surface area contributed by atoms with E-state index >= 15 is 0 Å². The maximum atomic E-state index is 12.1. The molecule has 122 valence electrons. The Labute approximate surface area is 131 Å². The zero-order valence-corrected chi connectivity index (χ0v) is 14.1. The van der Waals surface area contributed by atoms with E-state index in [1.165, 1.54) is 12.5 Å². The summed E-state index contributed by atoms with van der Waals surface area (Å²) in [6.45, 7) is 11.6. The van der Waals surface area contributed by atoms with Crippen molar-refractivity contribution in [2.45, 2.75) is 53.2 Å². The number of esters is 1. The van der Waals surface area contributed by atoms with Gasteiger partial charge < -0.3 is 14.2 Å². The largest absolute Gasteiger partial charge is 0.511 e. The molecule has 5 heteroatoms. The quantitative estimate of drug-likeness (QED) is 0.622. The fraction of sp³-hybridized carbons (Fsp3) is 0.529. The molecular weight excluding hydrogens is 284 g/mol.